The third kappa shape index (κ3) is 2.95. The summed E-state index contributed by atoms with van der Waals surface area (Å²) in [5, 5.41) is 11.0. The van der Waals surface area contributed by atoms with E-state index in [4.69, 9.17) is 11.6 Å². The highest BCUT2D eigenvalue weighted by Gasteiger charge is 2.26. The molecule has 2 amide bonds. The van der Waals surface area contributed by atoms with Crippen molar-refractivity contribution in [1.82, 2.24) is 15.1 Å². The van der Waals surface area contributed by atoms with Gasteiger partial charge in [-0.15, -0.1) is 0 Å². The van der Waals surface area contributed by atoms with Gasteiger partial charge >= 0.3 is 6.03 Å². The maximum atomic E-state index is 12.4. The van der Waals surface area contributed by atoms with Crippen molar-refractivity contribution in [2.24, 2.45) is 0 Å². The number of halogens is 1. The number of urea groups is 1. The van der Waals surface area contributed by atoms with Gasteiger partial charge < -0.3 is 10.2 Å². The Hall–Kier alpha value is -2.01. The molecule has 0 saturated carbocycles. The molecular formula is C16H19ClN4O. The smallest absolute Gasteiger partial charge is 0.320 e. The van der Waals surface area contributed by atoms with Crippen molar-refractivity contribution in [2.45, 2.75) is 32.7 Å². The number of rotatable bonds is 2. The number of carbonyl (C=O) groups excluding carboxylic acids is 1. The van der Waals surface area contributed by atoms with Crippen molar-refractivity contribution >= 4 is 23.3 Å². The van der Waals surface area contributed by atoms with E-state index in [1.54, 1.807) is 12.1 Å². The van der Waals surface area contributed by atoms with Crippen LogP contribution < -0.4 is 5.32 Å². The second-order valence-electron chi connectivity index (χ2n) is 5.83. The number of nitrogens with one attached hydrogen (secondary N) is 2. The third-order valence-corrected chi connectivity index (χ3v) is 4.11. The van der Waals surface area contributed by atoms with E-state index in [9.17, 15) is 4.79 Å². The lowest BCUT2D eigenvalue weighted by atomic mass is 10.00. The summed E-state index contributed by atoms with van der Waals surface area (Å²) in [4.78, 5) is 14.2. The molecule has 0 bridgehead atoms. The van der Waals surface area contributed by atoms with E-state index in [1.807, 2.05) is 17.0 Å². The van der Waals surface area contributed by atoms with Gasteiger partial charge in [0.05, 0.1) is 12.2 Å². The molecule has 1 aliphatic heterocycles. The summed E-state index contributed by atoms with van der Waals surface area (Å²) in [6.07, 6.45) is 0.804. The monoisotopic (exact) mass is 318 g/mol. The van der Waals surface area contributed by atoms with Crippen molar-refractivity contribution in [3.63, 3.8) is 0 Å². The van der Waals surface area contributed by atoms with Crippen LogP contribution in [0.5, 0.6) is 0 Å². The Bertz CT molecular complexity index is 695. The van der Waals surface area contributed by atoms with Crippen LogP contribution in [0.15, 0.2) is 24.3 Å². The highest BCUT2D eigenvalue weighted by atomic mass is 35.5. The number of nitrogens with zero attached hydrogens (tertiary/aromatic N) is 2. The number of anilines is 1. The van der Waals surface area contributed by atoms with Crippen LogP contribution in [0.3, 0.4) is 0 Å². The van der Waals surface area contributed by atoms with E-state index in [0.717, 1.165) is 23.4 Å². The standard InChI is InChI=1S/C16H19ClN4O/c1-10(2)15-13-9-21(7-6-14(13)19-20-15)16(22)18-12-5-3-4-11(17)8-12/h3-5,8,10H,6-7,9H2,1-2H3,(H,18,22)(H,19,20). The number of aromatic amines is 1. The molecule has 6 heteroatoms. The van der Waals surface area contributed by atoms with Crippen molar-refractivity contribution in [2.75, 3.05) is 11.9 Å². The molecule has 116 valence electrons. The summed E-state index contributed by atoms with van der Waals surface area (Å²) in [6, 6.07) is 7.07. The van der Waals surface area contributed by atoms with E-state index in [2.05, 4.69) is 29.4 Å². The van der Waals surface area contributed by atoms with Gasteiger partial charge in [0.2, 0.25) is 0 Å². The first kappa shape index (κ1) is 14.9. The molecule has 1 aromatic heterocycles. The zero-order valence-electron chi connectivity index (χ0n) is 12.7. The molecule has 3 rings (SSSR count). The fraction of sp³-hybridized carbons (Fsp3) is 0.375. The maximum absolute atomic E-state index is 12.4. The second kappa shape index (κ2) is 6.01. The van der Waals surface area contributed by atoms with E-state index >= 15 is 0 Å². The minimum atomic E-state index is -0.108. The van der Waals surface area contributed by atoms with Crippen LogP contribution in [0.1, 0.15) is 36.7 Å². The Morgan fingerprint density at radius 3 is 3.00 bits per heavy atom. The van der Waals surface area contributed by atoms with Crippen molar-refractivity contribution < 1.29 is 4.79 Å². The lowest BCUT2D eigenvalue weighted by Gasteiger charge is -2.27. The van der Waals surface area contributed by atoms with E-state index in [0.29, 0.717) is 29.7 Å². The van der Waals surface area contributed by atoms with Crippen molar-refractivity contribution in [1.29, 1.82) is 0 Å². The third-order valence-electron chi connectivity index (χ3n) is 3.88. The Labute approximate surface area is 134 Å². The summed E-state index contributed by atoms with van der Waals surface area (Å²) in [5.74, 6) is 0.343. The number of fused-ring (bicyclic) bond motifs is 1. The molecule has 2 N–H and O–H groups in total. The van der Waals surface area contributed by atoms with Gasteiger partial charge in [0.25, 0.3) is 0 Å². The van der Waals surface area contributed by atoms with E-state index < -0.39 is 0 Å². The Morgan fingerprint density at radius 1 is 1.45 bits per heavy atom. The number of hydrogen-bond donors (Lipinski definition) is 2. The van der Waals surface area contributed by atoms with Gasteiger partial charge in [-0.1, -0.05) is 31.5 Å². The molecule has 0 saturated heterocycles. The molecule has 2 heterocycles. The highest BCUT2D eigenvalue weighted by Crippen LogP contribution is 2.26. The molecule has 1 aliphatic rings. The Balaban J connectivity index is 1.73. The summed E-state index contributed by atoms with van der Waals surface area (Å²) in [6.45, 7) is 5.49. The average molecular weight is 319 g/mol. The normalized spacial score (nSPS) is 14.1. The SMILES string of the molecule is CC(C)c1n[nH]c2c1CN(C(=O)Nc1cccc(Cl)c1)CC2. The zero-order chi connectivity index (χ0) is 15.7. The number of carbonyl (C=O) groups is 1. The van der Waals surface area contributed by atoms with Gasteiger partial charge in [0, 0.05) is 34.9 Å². The van der Waals surface area contributed by atoms with Gasteiger partial charge in [0.1, 0.15) is 0 Å². The average Bonchev–Trinajstić information content (AvgIpc) is 2.90. The number of H-pyrrole nitrogens is 1. The van der Waals surface area contributed by atoms with Crippen LogP contribution in [-0.4, -0.2) is 27.7 Å². The van der Waals surface area contributed by atoms with Crippen LogP contribution in [0, 0.1) is 0 Å². The molecule has 1 aromatic carbocycles. The zero-order valence-corrected chi connectivity index (χ0v) is 13.4. The molecule has 5 nitrogen and oxygen atoms in total. The molecule has 0 atom stereocenters. The Morgan fingerprint density at radius 2 is 2.27 bits per heavy atom. The predicted molar refractivity (Wildman–Crippen MR) is 87.3 cm³/mol. The van der Waals surface area contributed by atoms with Crippen LogP contribution in [0.2, 0.25) is 5.02 Å². The highest BCUT2D eigenvalue weighted by molar-refractivity contribution is 6.30. The number of hydrogen-bond acceptors (Lipinski definition) is 2. The van der Waals surface area contributed by atoms with Crippen LogP contribution >= 0.6 is 11.6 Å². The summed E-state index contributed by atoms with van der Waals surface area (Å²) in [7, 11) is 0. The number of benzene rings is 1. The van der Waals surface area contributed by atoms with Gasteiger partial charge in [-0.2, -0.15) is 5.10 Å². The van der Waals surface area contributed by atoms with Crippen molar-refractivity contribution in [3.8, 4) is 0 Å². The van der Waals surface area contributed by atoms with E-state index in [1.165, 1.54) is 0 Å². The van der Waals surface area contributed by atoms with Gasteiger partial charge in [0.15, 0.2) is 0 Å². The van der Waals surface area contributed by atoms with Gasteiger partial charge in [-0.05, 0) is 24.1 Å². The summed E-state index contributed by atoms with van der Waals surface area (Å²) in [5.41, 5.74) is 4.06. The Kier molecular flexibility index (Phi) is 4.07. The number of amides is 2. The fourth-order valence-electron chi connectivity index (χ4n) is 2.74. The van der Waals surface area contributed by atoms with Crippen molar-refractivity contribution in [3.05, 3.63) is 46.2 Å². The molecule has 2 aromatic rings. The first-order valence-electron chi connectivity index (χ1n) is 7.42. The minimum absolute atomic E-state index is 0.108. The van der Waals surface area contributed by atoms with Gasteiger partial charge in [-0.25, -0.2) is 4.79 Å². The lowest BCUT2D eigenvalue weighted by Crippen LogP contribution is -2.39. The number of aromatic nitrogens is 2. The first-order chi connectivity index (χ1) is 10.5. The molecule has 0 radical (unpaired) electrons. The minimum Gasteiger partial charge on any atom is -0.320 e. The molecule has 22 heavy (non-hydrogen) atoms. The first-order valence-corrected chi connectivity index (χ1v) is 7.80. The molecular weight excluding hydrogens is 300 g/mol. The molecule has 0 aliphatic carbocycles. The fourth-order valence-corrected chi connectivity index (χ4v) is 2.93. The second-order valence-corrected chi connectivity index (χ2v) is 6.27. The van der Waals surface area contributed by atoms with Gasteiger partial charge in [-0.3, -0.25) is 5.10 Å². The van der Waals surface area contributed by atoms with Crippen LogP contribution in [-0.2, 0) is 13.0 Å². The lowest BCUT2D eigenvalue weighted by molar-refractivity contribution is 0.206. The molecule has 0 spiro atoms. The predicted octanol–water partition coefficient (Wildman–Crippen LogP) is 3.78. The maximum Gasteiger partial charge on any atom is 0.322 e. The topological polar surface area (TPSA) is 61.0 Å². The largest absolute Gasteiger partial charge is 0.322 e. The quantitative estimate of drug-likeness (QED) is 0.885. The molecule has 0 unspecified atom stereocenters. The summed E-state index contributed by atoms with van der Waals surface area (Å²) >= 11 is 5.94. The molecule has 0 fully saturated rings. The summed E-state index contributed by atoms with van der Waals surface area (Å²) < 4.78 is 0. The van der Waals surface area contributed by atoms with Crippen LogP contribution in [0.25, 0.3) is 0 Å². The van der Waals surface area contributed by atoms with Crippen LogP contribution in [0.4, 0.5) is 10.5 Å². The van der Waals surface area contributed by atoms with E-state index in [-0.39, 0.29) is 6.03 Å².